The molecule has 0 radical (unpaired) electrons. The van der Waals surface area contributed by atoms with Gasteiger partial charge in [-0.15, -0.1) is 11.3 Å². The van der Waals surface area contributed by atoms with Gasteiger partial charge < -0.3 is 5.11 Å². The number of fused-ring (bicyclic) bond motifs is 1. The van der Waals surface area contributed by atoms with Crippen LogP contribution in [-0.4, -0.2) is 16.1 Å². The third-order valence-corrected chi connectivity index (χ3v) is 3.59. The average molecular weight is 262 g/mol. The molecule has 0 saturated carbocycles. The van der Waals surface area contributed by atoms with Gasteiger partial charge in [-0.05, 0) is 23.6 Å². The standard InChI is InChI=1S/C11H6N2O2S2/c12-6-10-13-8-2-1-7(5-9(8)17-10)16-4-3-11(14)15/h1-5H,(H,14,15)/b4-3+. The van der Waals surface area contributed by atoms with Crippen molar-refractivity contribution in [1.29, 1.82) is 5.26 Å². The van der Waals surface area contributed by atoms with Crippen molar-refractivity contribution in [3.63, 3.8) is 0 Å². The first-order valence-corrected chi connectivity index (χ1v) is 6.25. The molecule has 2 aromatic rings. The molecule has 0 amide bonds. The lowest BCUT2D eigenvalue weighted by molar-refractivity contribution is -0.131. The Kier molecular flexibility index (Phi) is 3.42. The predicted octanol–water partition coefficient (Wildman–Crippen LogP) is 2.86. The molecule has 0 saturated heterocycles. The summed E-state index contributed by atoms with van der Waals surface area (Å²) >= 11 is 2.64. The van der Waals surface area contributed by atoms with Crippen molar-refractivity contribution in [1.82, 2.24) is 4.98 Å². The van der Waals surface area contributed by atoms with E-state index in [-0.39, 0.29) is 0 Å². The zero-order valence-corrected chi connectivity index (χ0v) is 10.1. The summed E-state index contributed by atoms with van der Waals surface area (Å²) in [5.74, 6) is -0.969. The number of carbonyl (C=O) groups is 1. The van der Waals surface area contributed by atoms with Crippen LogP contribution in [0, 0.1) is 11.3 Å². The third kappa shape index (κ3) is 2.84. The van der Waals surface area contributed by atoms with Crippen molar-refractivity contribution in [2.45, 2.75) is 4.90 Å². The second-order valence-corrected chi connectivity index (χ2v) is 5.03. The molecule has 0 aliphatic carbocycles. The molecule has 0 spiro atoms. The first-order valence-electron chi connectivity index (χ1n) is 4.56. The van der Waals surface area contributed by atoms with Crippen LogP contribution in [0.4, 0.5) is 0 Å². The largest absolute Gasteiger partial charge is 0.478 e. The smallest absolute Gasteiger partial charge is 0.328 e. The van der Waals surface area contributed by atoms with E-state index in [4.69, 9.17) is 10.4 Å². The van der Waals surface area contributed by atoms with Crippen LogP contribution in [0.25, 0.3) is 10.2 Å². The number of carboxylic acids is 1. The van der Waals surface area contributed by atoms with Crippen LogP contribution >= 0.6 is 23.1 Å². The summed E-state index contributed by atoms with van der Waals surface area (Å²) < 4.78 is 0.926. The molecule has 1 aromatic carbocycles. The van der Waals surface area contributed by atoms with Gasteiger partial charge in [-0.25, -0.2) is 9.78 Å². The quantitative estimate of drug-likeness (QED) is 0.680. The Labute approximate surface area is 105 Å². The zero-order valence-electron chi connectivity index (χ0n) is 8.45. The number of aliphatic carboxylic acids is 1. The number of hydrogen-bond donors (Lipinski definition) is 1. The third-order valence-electron chi connectivity index (χ3n) is 1.87. The average Bonchev–Trinajstić information content (AvgIpc) is 2.70. The molecule has 6 heteroatoms. The Bertz CT molecular complexity index is 640. The fourth-order valence-electron chi connectivity index (χ4n) is 1.20. The van der Waals surface area contributed by atoms with Crippen molar-refractivity contribution in [3.05, 3.63) is 34.7 Å². The van der Waals surface area contributed by atoms with E-state index in [0.717, 1.165) is 21.2 Å². The summed E-state index contributed by atoms with van der Waals surface area (Å²) in [7, 11) is 0. The zero-order chi connectivity index (χ0) is 12.3. The van der Waals surface area contributed by atoms with Gasteiger partial charge in [-0.1, -0.05) is 11.8 Å². The number of thioether (sulfide) groups is 1. The molecular weight excluding hydrogens is 256 g/mol. The van der Waals surface area contributed by atoms with E-state index in [0.29, 0.717) is 5.01 Å². The number of hydrogen-bond acceptors (Lipinski definition) is 5. The molecule has 2 rings (SSSR count). The molecule has 1 aromatic heterocycles. The van der Waals surface area contributed by atoms with Crippen LogP contribution in [0.3, 0.4) is 0 Å². The first-order chi connectivity index (χ1) is 8.19. The maximum Gasteiger partial charge on any atom is 0.328 e. The number of carboxylic acid groups (broad SMARTS) is 1. The number of benzene rings is 1. The number of nitrogens with zero attached hydrogens (tertiary/aromatic N) is 2. The van der Waals surface area contributed by atoms with Gasteiger partial charge in [0, 0.05) is 11.0 Å². The van der Waals surface area contributed by atoms with Gasteiger partial charge in [0.1, 0.15) is 6.07 Å². The van der Waals surface area contributed by atoms with Gasteiger partial charge in [0.15, 0.2) is 5.01 Å². The minimum atomic E-state index is -0.969. The molecule has 1 N–H and O–H groups in total. The molecule has 0 aliphatic rings. The number of thiazole rings is 1. The lowest BCUT2D eigenvalue weighted by Gasteiger charge is -1.94. The Hall–Kier alpha value is -1.84. The first kappa shape index (κ1) is 11.6. The normalized spacial score (nSPS) is 10.8. The van der Waals surface area contributed by atoms with Crippen LogP contribution in [0.5, 0.6) is 0 Å². The maximum atomic E-state index is 10.3. The van der Waals surface area contributed by atoms with E-state index in [2.05, 4.69) is 4.98 Å². The van der Waals surface area contributed by atoms with Crippen LogP contribution in [0.2, 0.25) is 0 Å². The molecule has 17 heavy (non-hydrogen) atoms. The predicted molar refractivity (Wildman–Crippen MR) is 67.0 cm³/mol. The van der Waals surface area contributed by atoms with Gasteiger partial charge in [0.25, 0.3) is 0 Å². The van der Waals surface area contributed by atoms with E-state index in [1.807, 2.05) is 24.3 Å². The molecule has 0 atom stereocenters. The lowest BCUT2D eigenvalue weighted by Crippen LogP contribution is -1.84. The minimum Gasteiger partial charge on any atom is -0.478 e. The summed E-state index contributed by atoms with van der Waals surface area (Å²) in [4.78, 5) is 15.3. The topological polar surface area (TPSA) is 74.0 Å². The molecule has 0 bridgehead atoms. The van der Waals surface area contributed by atoms with Gasteiger partial charge in [0.2, 0.25) is 0 Å². The van der Waals surface area contributed by atoms with Crippen LogP contribution in [0.15, 0.2) is 34.6 Å². The summed E-state index contributed by atoms with van der Waals surface area (Å²) in [5, 5.41) is 19.1. The van der Waals surface area contributed by atoms with Gasteiger partial charge >= 0.3 is 5.97 Å². The van der Waals surface area contributed by atoms with Gasteiger partial charge in [0.05, 0.1) is 10.2 Å². The molecule has 0 aliphatic heterocycles. The van der Waals surface area contributed by atoms with E-state index in [1.165, 1.54) is 28.5 Å². The minimum absolute atomic E-state index is 0.434. The highest BCUT2D eigenvalue weighted by Gasteiger charge is 2.03. The molecule has 1 heterocycles. The monoisotopic (exact) mass is 262 g/mol. The number of aromatic nitrogens is 1. The van der Waals surface area contributed by atoms with Gasteiger partial charge in [-0.2, -0.15) is 5.26 Å². The van der Waals surface area contributed by atoms with Crippen molar-refractivity contribution < 1.29 is 9.90 Å². The summed E-state index contributed by atoms with van der Waals surface area (Å²) in [6.07, 6.45) is 1.09. The number of rotatable bonds is 3. The highest BCUT2D eigenvalue weighted by molar-refractivity contribution is 8.02. The van der Waals surface area contributed by atoms with Crippen molar-refractivity contribution in [3.8, 4) is 6.07 Å². The van der Waals surface area contributed by atoms with Crippen LogP contribution in [0.1, 0.15) is 5.01 Å². The highest BCUT2D eigenvalue weighted by atomic mass is 32.2. The Balaban J connectivity index is 2.25. The fraction of sp³-hybridized carbons (Fsp3) is 0. The molecule has 0 unspecified atom stereocenters. The van der Waals surface area contributed by atoms with E-state index >= 15 is 0 Å². The van der Waals surface area contributed by atoms with Crippen LogP contribution < -0.4 is 0 Å². The van der Waals surface area contributed by atoms with Crippen molar-refractivity contribution in [2.24, 2.45) is 0 Å². The summed E-state index contributed by atoms with van der Waals surface area (Å²) in [5.41, 5.74) is 0.790. The van der Waals surface area contributed by atoms with E-state index in [9.17, 15) is 4.79 Å². The SMILES string of the molecule is N#Cc1nc2ccc(S/C=C/C(=O)O)cc2s1. The molecule has 84 valence electrons. The Morgan fingerprint density at radius 3 is 3.12 bits per heavy atom. The lowest BCUT2D eigenvalue weighted by atomic mass is 10.3. The maximum absolute atomic E-state index is 10.3. The van der Waals surface area contributed by atoms with E-state index < -0.39 is 5.97 Å². The van der Waals surface area contributed by atoms with Crippen molar-refractivity contribution in [2.75, 3.05) is 0 Å². The van der Waals surface area contributed by atoms with Gasteiger partial charge in [-0.3, -0.25) is 0 Å². The number of nitriles is 1. The summed E-state index contributed by atoms with van der Waals surface area (Å²) in [6, 6.07) is 7.57. The summed E-state index contributed by atoms with van der Waals surface area (Å²) in [6.45, 7) is 0. The van der Waals surface area contributed by atoms with Crippen LogP contribution in [-0.2, 0) is 4.79 Å². The fourth-order valence-corrected chi connectivity index (χ4v) is 2.75. The Morgan fingerprint density at radius 1 is 1.59 bits per heavy atom. The second-order valence-electron chi connectivity index (χ2n) is 3.02. The molecular formula is C11H6N2O2S2. The van der Waals surface area contributed by atoms with E-state index in [1.54, 1.807) is 0 Å². The van der Waals surface area contributed by atoms with Crippen molar-refractivity contribution >= 4 is 39.3 Å². The Morgan fingerprint density at radius 2 is 2.41 bits per heavy atom. The second kappa shape index (κ2) is 4.99. The molecule has 4 nitrogen and oxygen atoms in total. The highest BCUT2D eigenvalue weighted by Crippen LogP contribution is 2.27. The molecule has 0 fully saturated rings.